The number of ether oxygens (including phenoxy) is 2. The molecule has 0 aliphatic rings. The number of hydrogen-bond acceptors (Lipinski definition) is 4. The topological polar surface area (TPSA) is 81.9 Å². The van der Waals surface area contributed by atoms with E-state index in [0.717, 1.165) is 41.8 Å². The fraction of sp³-hybridized carbons (Fsp3) is 0.310. The fourth-order valence-electron chi connectivity index (χ4n) is 4.29. The first-order valence-corrected chi connectivity index (χ1v) is 12.3. The summed E-state index contributed by atoms with van der Waals surface area (Å²) < 4.78 is 91.9. The van der Waals surface area contributed by atoms with E-state index in [9.17, 15) is 35.9 Å². The molecule has 0 radical (unpaired) electrons. The summed E-state index contributed by atoms with van der Waals surface area (Å²) in [5.74, 6) is -0.687. The van der Waals surface area contributed by atoms with Gasteiger partial charge in [0.2, 0.25) is 5.91 Å². The van der Waals surface area contributed by atoms with Crippen molar-refractivity contribution in [3.63, 3.8) is 0 Å². The second-order valence-corrected chi connectivity index (χ2v) is 9.59. The summed E-state index contributed by atoms with van der Waals surface area (Å²) in [5.41, 5.74) is 4.14. The molecule has 0 spiro atoms. The van der Waals surface area contributed by atoms with Gasteiger partial charge in [-0.05, 0) is 70.6 Å². The Hall–Kier alpha value is -4.22. The molecule has 0 aliphatic carbocycles. The van der Waals surface area contributed by atoms with E-state index in [4.69, 9.17) is 15.2 Å². The van der Waals surface area contributed by atoms with Gasteiger partial charge in [0.05, 0.1) is 25.3 Å². The van der Waals surface area contributed by atoms with Gasteiger partial charge in [-0.25, -0.2) is 4.79 Å². The van der Waals surface area contributed by atoms with Crippen LogP contribution in [0.4, 0.5) is 31.1 Å². The highest BCUT2D eigenvalue weighted by atomic mass is 19.4. The van der Waals surface area contributed by atoms with Crippen molar-refractivity contribution in [3.8, 4) is 16.9 Å². The molecular weight excluding hydrogens is 554 g/mol. The van der Waals surface area contributed by atoms with Gasteiger partial charge >= 0.3 is 18.4 Å². The summed E-state index contributed by atoms with van der Waals surface area (Å²) in [6, 6.07) is 10.7. The molecule has 0 bridgehead atoms. The van der Waals surface area contributed by atoms with E-state index in [1.807, 2.05) is 19.9 Å². The predicted molar refractivity (Wildman–Crippen MR) is 139 cm³/mol. The fourth-order valence-corrected chi connectivity index (χ4v) is 4.29. The van der Waals surface area contributed by atoms with Crippen molar-refractivity contribution < 1.29 is 45.4 Å². The van der Waals surface area contributed by atoms with Crippen molar-refractivity contribution >= 4 is 12.0 Å². The number of carbonyl (C=O) groups excluding carboxylic acids is 2. The Balaban J connectivity index is 2.18. The molecule has 2 amide bonds. The van der Waals surface area contributed by atoms with Crippen molar-refractivity contribution in [1.82, 2.24) is 4.90 Å². The number of halogens is 6. The van der Waals surface area contributed by atoms with E-state index in [0.29, 0.717) is 22.9 Å². The molecule has 3 aromatic carbocycles. The molecule has 3 aromatic rings. The van der Waals surface area contributed by atoms with Gasteiger partial charge < -0.3 is 15.2 Å². The lowest BCUT2D eigenvalue weighted by atomic mass is 9.92. The Morgan fingerprint density at radius 2 is 1.49 bits per heavy atom. The first kappa shape index (κ1) is 31.3. The van der Waals surface area contributed by atoms with E-state index in [1.165, 1.54) is 13.2 Å². The highest BCUT2D eigenvalue weighted by molar-refractivity contribution is 5.93. The van der Waals surface area contributed by atoms with Crippen LogP contribution in [0.3, 0.4) is 0 Å². The van der Waals surface area contributed by atoms with Gasteiger partial charge in [0.15, 0.2) is 0 Å². The monoisotopic (exact) mass is 582 g/mol. The number of carbonyl (C=O) groups is 2. The minimum absolute atomic E-state index is 0.0338. The molecule has 12 heteroatoms. The summed E-state index contributed by atoms with van der Waals surface area (Å²) in [4.78, 5) is 25.4. The molecule has 0 heterocycles. The molecule has 0 saturated heterocycles. The lowest BCUT2D eigenvalue weighted by molar-refractivity contribution is -0.138. The highest BCUT2D eigenvalue weighted by Gasteiger charge is 2.33. The van der Waals surface area contributed by atoms with Crippen LogP contribution in [-0.4, -0.2) is 31.1 Å². The molecule has 6 nitrogen and oxygen atoms in total. The first-order chi connectivity index (χ1) is 19.0. The van der Waals surface area contributed by atoms with Crippen molar-refractivity contribution in [2.45, 2.75) is 45.2 Å². The van der Waals surface area contributed by atoms with Gasteiger partial charge in [-0.15, -0.1) is 0 Å². The third-order valence-corrected chi connectivity index (χ3v) is 6.39. The van der Waals surface area contributed by atoms with Crippen LogP contribution < -0.4 is 10.5 Å². The average molecular weight is 583 g/mol. The molecule has 3 rings (SSSR count). The standard InChI is InChI=1S/C29H28F6N2O4/c1-16(2)18-5-8-25(40-3)24(13-18)23-7-6-21(28(30,31)32)12-20(23)15-37(27(39)41-4)14-17-9-19(26(36)38)11-22(10-17)29(33,34)35/h5-13,16H,14-15H2,1-4H3,(H2,36,38). The Labute approximate surface area is 232 Å². The van der Waals surface area contributed by atoms with Crippen LogP contribution in [0.1, 0.15) is 57.9 Å². The number of nitrogens with two attached hydrogens (primary N) is 1. The first-order valence-electron chi connectivity index (χ1n) is 12.3. The highest BCUT2D eigenvalue weighted by Crippen LogP contribution is 2.39. The number of benzene rings is 3. The maximum absolute atomic E-state index is 13.7. The van der Waals surface area contributed by atoms with E-state index in [-0.39, 0.29) is 17.0 Å². The zero-order chi connectivity index (χ0) is 30.7. The smallest absolute Gasteiger partial charge is 0.416 e. The van der Waals surface area contributed by atoms with Gasteiger partial charge in [0, 0.05) is 24.2 Å². The lowest BCUT2D eigenvalue weighted by Crippen LogP contribution is -2.30. The largest absolute Gasteiger partial charge is 0.496 e. The summed E-state index contributed by atoms with van der Waals surface area (Å²) in [6.07, 6.45) is -10.6. The maximum Gasteiger partial charge on any atom is 0.416 e. The van der Waals surface area contributed by atoms with E-state index < -0.39 is 54.1 Å². The minimum Gasteiger partial charge on any atom is -0.496 e. The van der Waals surface area contributed by atoms with Crippen molar-refractivity contribution in [1.29, 1.82) is 0 Å². The minimum atomic E-state index is -4.83. The van der Waals surface area contributed by atoms with Crippen molar-refractivity contribution in [2.24, 2.45) is 5.73 Å². The van der Waals surface area contributed by atoms with Crippen LogP contribution in [0, 0.1) is 0 Å². The van der Waals surface area contributed by atoms with Gasteiger partial charge in [-0.2, -0.15) is 26.3 Å². The van der Waals surface area contributed by atoms with Crippen LogP contribution in [0.25, 0.3) is 11.1 Å². The van der Waals surface area contributed by atoms with Gasteiger partial charge in [0.25, 0.3) is 0 Å². The lowest BCUT2D eigenvalue weighted by Gasteiger charge is -2.25. The number of alkyl halides is 6. The summed E-state index contributed by atoms with van der Waals surface area (Å²) in [6.45, 7) is 2.86. The molecular formula is C29H28F6N2O4. The van der Waals surface area contributed by atoms with Crippen LogP contribution in [-0.2, 0) is 30.2 Å². The molecule has 41 heavy (non-hydrogen) atoms. The third-order valence-electron chi connectivity index (χ3n) is 6.39. The zero-order valence-corrected chi connectivity index (χ0v) is 22.6. The number of rotatable bonds is 8. The van der Waals surface area contributed by atoms with Crippen molar-refractivity contribution in [3.05, 3.63) is 88.0 Å². The second-order valence-electron chi connectivity index (χ2n) is 9.59. The molecule has 0 fully saturated rings. The molecule has 0 aromatic heterocycles. The Kier molecular flexibility index (Phi) is 9.25. The maximum atomic E-state index is 13.7. The van der Waals surface area contributed by atoms with Gasteiger partial charge in [-0.3, -0.25) is 9.69 Å². The van der Waals surface area contributed by atoms with Gasteiger partial charge in [-0.1, -0.05) is 26.0 Å². The normalized spacial score (nSPS) is 11.9. The molecule has 0 unspecified atom stereocenters. The van der Waals surface area contributed by atoms with Crippen LogP contribution in [0.5, 0.6) is 5.75 Å². The van der Waals surface area contributed by atoms with Crippen LogP contribution in [0.2, 0.25) is 0 Å². The number of nitrogens with zero attached hydrogens (tertiary/aromatic N) is 1. The van der Waals surface area contributed by atoms with E-state index in [1.54, 1.807) is 12.1 Å². The number of primary amides is 1. The summed E-state index contributed by atoms with van der Waals surface area (Å²) in [5, 5.41) is 0. The second kappa shape index (κ2) is 12.1. The van der Waals surface area contributed by atoms with E-state index >= 15 is 0 Å². The molecule has 2 N–H and O–H groups in total. The predicted octanol–water partition coefficient (Wildman–Crippen LogP) is 7.39. The molecule has 0 aliphatic heterocycles. The Bertz CT molecular complexity index is 1430. The summed E-state index contributed by atoms with van der Waals surface area (Å²) >= 11 is 0. The molecule has 0 saturated carbocycles. The van der Waals surface area contributed by atoms with Crippen molar-refractivity contribution in [2.75, 3.05) is 14.2 Å². The Morgan fingerprint density at radius 1 is 0.829 bits per heavy atom. The van der Waals surface area contributed by atoms with Crippen LogP contribution >= 0.6 is 0 Å². The number of amides is 2. The zero-order valence-electron chi connectivity index (χ0n) is 22.6. The quantitative estimate of drug-likeness (QED) is 0.281. The third kappa shape index (κ3) is 7.50. The Morgan fingerprint density at radius 3 is 2.02 bits per heavy atom. The van der Waals surface area contributed by atoms with Gasteiger partial charge in [0.1, 0.15) is 5.75 Å². The average Bonchev–Trinajstić information content (AvgIpc) is 2.90. The number of methoxy groups -OCH3 is 2. The molecule has 0 atom stereocenters. The van der Waals surface area contributed by atoms with E-state index in [2.05, 4.69) is 0 Å². The van der Waals surface area contributed by atoms with Crippen LogP contribution in [0.15, 0.2) is 54.6 Å². The number of hydrogen-bond donors (Lipinski definition) is 1. The summed E-state index contributed by atoms with van der Waals surface area (Å²) in [7, 11) is 2.43. The molecule has 220 valence electrons. The SMILES string of the molecule is COC(=O)N(Cc1cc(C(N)=O)cc(C(F)(F)F)c1)Cc1cc(C(F)(F)F)ccc1-c1cc(C(C)C)ccc1OC.